The molecule has 2 atom stereocenters. The van der Waals surface area contributed by atoms with Crippen LogP contribution in [0.5, 0.6) is 5.75 Å². The van der Waals surface area contributed by atoms with Crippen molar-refractivity contribution < 1.29 is 14.9 Å². The summed E-state index contributed by atoms with van der Waals surface area (Å²) >= 11 is 0. The molecule has 0 aliphatic carbocycles. The van der Waals surface area contributed by atoms with E-state index in [1.807, 2.05) is 12.1 Å². The second-order valence-corrected chi connectivity index (χ2v) is 5.13. The smallest absolute Gasteiger partial charge is 0.121 e. The highest BCUT2D eigenvalue weighted by Gasteiger charge is 2.23. The highest BCUT2D eigenvalue weighted by molar-refractivity contribution is 5.43. The Morgan fingerprint density at radius 1 is 1.47 bits per heavy atom. The molecule has 2 unspecified atom stereocenters. The van der Waals surface area contributed by atoms with Crippen molar-refractivity contribution in [2.45, 2.75) is 12.5 Å². The molecular weight excluding hydrogens is 244 g/mol. The number of nitrogens with two attached hydrogens (primary N) is 1. The van der Waals surface area contributed by atoms with Crippen molar-refractivity contribution >= 4 is 5.69 Å². The number of benzene rings is 1. The normalized spacial score (nSPS) is 21.5. The monoisotopic (exact) mass is 266 g/mol. The molecule has 19 heavy (non-hydrogen) atoms. The van der Waals surface area contributed by atoms with E-state index in [1.54, 1.807) is 12.1 Å². The molecule has 2 rings (SSSR count). The van der Waals surface area contributed by atoms with Crippen LogP contribution in [0.1, 0.15) is 6.42 Å². The molecule has 106 valence electrons. The number of rotatable bonds is 6. The first-order valence-electron chi connectivity index (χ1n) is 6.67. The molecule has 1 aliphatic heterocycles. The number of aliphatic hydroxyl groups excluding tert-OH is 2. The van der Waals surface area contributed by atoms with Crippen molar-refractivity contribution in [2.75, 3.05) is 38.6 Å². The molecular formula is C14H22N2O3. The van der Waals surface area contributed by atoms with Gasteiger partial charge in [-0.1, -0.05) is 6.07 Å². The number of β-amino-alcohol motifs (C(OH)–C–C–N with tert-alkyl or cyclic N) is 1. The minimum absolute atomic E-state index is 0.229. The van der Waals surface area contributed by atoms with E-state index < -0.39 is 6.10 Å². The number of hydrogen-bond donors (Lipinski definition) is 3. The number of aliphatic hydroxyl groups is 2. The Bertz CT molecular complexity index is 400. The summed E-state index contributed by atoms with van der Waals surface area (Å²) < 4.78 is 5.51. The van der Waals surface area contributed by atoms with E-state index in [1.165, 1.54) is 0 Å². The fourth-order valence-electron chi connectivity index (χ4n) is 2.38. The molecule has 5 heteroatoms. The largest absolute Gasteiger partial charge is 0.491 e. The van der Waals surface area contributed by atoms with Crippen LogP contribution in [0.15, 0.2) is 24.3 Å². The minimum atomic E-state index is -0.529. The van der Waals surface area contributed by atoms with Gasteiger partial charge in [-0.3, -0.25) is 0 Å². The maximum Gasteiger partial charge on any atom is 0.121 e. The number of likely N-dealkylation sites (tertiary alicyclic amines) is 1. The number of anilines is 1. The maximum absolute atomic E-state index is 9.94. The van der Waals surface area contributed by atoms with Crippen LogP contribution in [-0.2, 0) is 0 Å². The standard InChI is InChI=1S/C14H22N2O3/c15-12-2-1-3-14(6-12)19-10-13(18)8-16-5-4-11(7-16)9-17/h1-3,6,11,13,17-18H,4-5,7-10,15H2. The summed E-state index contributed by atoms with van der Waals surface area (Å²) in [6.45, 7) is 2.85. The molecule has 4 N–H and O–H groups in total. The minimum Gasteiger partial charge on any atom is -0.491 e. The van der Waals surface area contributed by atoms with E-state index in [-0.39, 0.29) is 13.2 Å². The van der Waals surface area contributed by atoms with Gasteiger partial charge in [-0.2, -0.15) is 0 Å². The SMILES string of the molecule is Nc1cccc(OCC(O)CN2CCC(CO)C2)c1. The van der Waals surface area contributed by atoms with Crippen LogP contribution in [0.2, 0.25) is 0 Å². The number of ether oxygens (including phenoxy) is 1. The lowest BCUT2D eigenvalue weighted by Gasteiger charge is -2.20. The van der Waals surface area contributed by atoms with Gasteiger partial charge in [-0.05, 0) is 31.0 Å². The highest BCUT2D eigenvalue weighted by atomic mass is 16.5. The van der Waals surface area contributed by atoms with Crippen LogP contribution in [0.4, 0.5) is 5.69 Å². The van der Waals surface area contributed by atoms with Crippen molar-refractivity contribution in [1.29, 1.82) is 0 Å². The van der Waals surface area contributed by atoms with Crippen LogP contribution >= 0.6 is 0 Å². The average Bonchev–Trinajstić information content (AvgIpc) is 2.84. The quantitative estimate of drug-likeness (QED) is 0.646. The van der Waals surface area contributed by atoms with Crippen LogP contribution in [0.25, 0.3) is 0 Å². The van der Waals surface area contributed by atoms with Gasteiger partial charge in [-0.25, -0.2) is 0 Å². The molecule has 5 nitrogen and oxygen atoms in total. The third kappa shape index (κ3) is 4.38. The van der Waals surface area contributed by atoms with Gasteiger partial charge >= 0.3 is 0 Å². The van der Waals surface area contributed by atoms with Crippen molar-refractivity contribution in [3.8, 4) is 5.75 Å². The Labute approximate surface area is 113 Å². The summed E-state index contributed by atoms with van der Waals surface area (Å²) in [4.78, 5) is 2.16. The summed E-state index contributed by atoms with van der Waals surface area (Å²) in [6.07, 6.45) is 0.470. The summed E-state index contributed by atoms with van der Waals surface area (Å²) in [5.41, 5.74) is 6.30. The average molecular weight is 266 g/mol. The maximum atomic E-state index is 9.94. The number of nitrogens with zero attached hydrogens (tertiary/aromatic N) is 1. The van der Waals surface area contributed by atoms with Gasteiger partial charge in [0.05, 0.1) is 0 Å². The molecule has 0 spiro atoms. The number of nitrogen functional groups attached to an aromatic ring is 1. The second kappa shape index (κ2) is 6.75. The predicted molar refractivity (Wildman–Crippen MR) is 74.0 cm³/mol. The lowest BCUT2D eigenvalue weighted by atomic mass is 10.1. The van der Waals surface area contributed by atoms with Crippen molar-refractivity contribution in [1.82, 2.24) is 4.90 Å². The topological polar surface area (TPSA) is 79.0 Å². The van der Waals surface area contributed by atoms with Crippen molar-refractivity contribution in [3.05, 3.63) is 24.3 Å². The lowest BCUT2D eigenvalue weighted by Crippen LogP contribution is -2.34. The molecule has 1 saturated heterocycles. The van der Waals surface area contributed by atoms with Gasteiger partial charge in [0.2, 0.25) is 0 Å². The summed E-state index contributed by atoms with van der Waals surface area (Å²) in [5, 5.41) is 19.0. The molecule has 1 heterocycles. The van der Waals surface area contributed by atoms with Gasteiger partial charge in [0.1, 0.15) is 18.5 Å². The zero-order chi connectivity index (χ0) is 13.7. The van der Waals surface area contributed by atoms with Crippen molar-refractivity contribution in [3.63, 3.8) is 0 Å². The van der Waals surface area contributed by atoms with Gasteiger partial charge in [0, 0.05) is 31.5 Å². The van der Waals surface area contributed by atoms with Crippen LogP contribution in [0.3, 0.4) is 0 Å². The highest BCUT2D eigenvalue weighted by Crippen LogP contribution is 2.17. The van der Waals surface area contributed by atoms with E-state index in [4.69, 9.17) is 15.6 Å². The third-order valence-electron chi connectivity index (χ3n) is 3.40. The van der Waals surface area contributed by atoms with Crippen LogP contribution < -0.4 is 10.5 Å². The lowest BCUT2D eigenvalue weighted by molar-refractivity contribution is 0.0735. The summed E-state index contributed by atoms with van der Waals surface area (Å²) in [7, 11) is 0. The molecule has 0 radical (unpaired) electrons. The summed E-state index contributed by atoms with van der Waals surface area (Å²) in [6, 6.07) is 7.18. The first-order valence-corrected chi connectivity index (χ1v) is 6.67. The molecule has 1 aromatic rings. The Morgan fingerprint density at radius 3 is 3.00 bits per heavy atom. The zero-order valence-electron chi connectivity index (χ0n) is 11.0. The first-order chi connectivity index (χ1) is 9.17. The Kier molecular flexibility index (Phi) is 5.01. The molecule has 0 bridgehead atoms. The Hall–Kier alpha value is -1.30. The van der Waals surface area contributed by atoms with Gasteiger partial charge in [0.25, 0.3) is 0 Å². The number of hydrogen-bond acceptors (Lipinski definition) is 5. The fourth-order valence-corrected chi connectivity index (χ4v) is 2.38. The second-order valence-electron chi connectivity index (χ2n) is 5.13. The van der Waals surface area contributed by atoms with Gasteiger partial charge in [-0.15, -0.1) is 0 Å². The molecule has 1 fully saturated rings. The zero-order valence-corrected chi connectivity index (χ0v) is 11.0. The molecule has 1 aromatic carbocycles. The van der Waals surface area contributed by atoms with E-state index in [9.17, 15) is 5.11 Å². The van der Waals surface area contributed by atoms with E-state index in [2.05, 4.69) is 4.90 Å². The Morgan fingerprint density at radius 2 is 2.32 bits per heavy atom. The van der Waals surface area contributed by atoms with E-state index in [0.717, 1.165) is 19.5 Å². The van der Waals surface area contributed by atoms with E-state index >= 15 is 0 Å². The molecule has 1 aliphatic rings. The first kappa shape index (κ1) is 14.1. The van der Waals surface area contributed by atoms with Crippen LogP contribution in [-0.4, -0.2) is 54.1 Å². The fraction of sp³-hybridized carbons (Fsp3) is 0.571. The third-order valence-corrected chi connectivity index (χ3v) is 3.40. The van der Waals surface area contributed by atoms with Gasteiger partial charge in [0.15, 0.2) is 0 Å². The molecule has 0 saturated carbocycles. The van der Waals surface area contributed by atoms with Crippen molar-refractivity contribution in [2.24, 2.45) is 5.92 Å². The van der Waals surface area contributed by atoms with Crippen LogP contribution in [0, 0.1) is 5.92 Å². The molecule has 0 aromatic heterocycles. The molecule has 0 amide bonds. The predicted octanol–water partition coefficient (Wildman–Crippen LogP) is 0.323. The van der Waals surface area contributed by atoms with E-state index in [0.29, 0.717) is 23.9 Å². The summed E-state index contributed by atoms with van der Waals surface area (Å²) in [5.74, 6) is 1.02. The van der Waals surface area contributed by atoms with Gasteiger partial charge < -0.3 is 25.6 Å². The Balaban J connectivity index is 1.71.